The fourth-order valence-electron chi connectivity index (χ4n) is 4.07. The summed E-state index contributed by atoms with van der Waals surface area (Å²) in [5.41, 5.74) is 2.83. The molecule has 0 unspecified atom stereocenters. The van der Waals surface area contributed by atoms with Gasteiger partial charge in [0.05, 0.1) is 16.3 Å². The third kappa shape index (κ3) is 4.79. The molecule has 3 aromatic rings. The smallest absolute Gasteiger partial charge is 0.225 e. The van der Waals surface area contributed by atoms with Crippen LogP contribution in [0.5, 0.6) is 0 Å². The number of hydrogen-bond donors (Lipinski definition) is 0. The van der Waals surface area contributed by atoms with E-state index in [1.54, 1.807) is 23.2 Å². The normalized spacial score (nSPS) is 15.7. The maximum atomic E-state index is 13.1. The lowest BCUT2D eigenvalue weighted by Crippen LogP contribution is -2.43. The first-order valence-corrected chi connectivity index (χ1v) is 13.3. The van der Waals surface area contributed by atoms with Gasteiger partial charge in [-0.15, -0.1) is 11.3 Å². The lowest BCUT2D eigenvalue weighted by atomic mass is 9.96. The first kappa shape index (κ1) is 22.7. The van der Waals surface area contributed by atoms with Crippen LogP contribution in [0.1, 0.15) is 25.3 Å². The molecule has 0 N–H and O–H groups in total. The molecule has 0 bridgehead atoms. The van der Waals surface area contributed by atoms with Crippen LogP contribution in [0.15, 0.2) is 54.0 Å². The molecule has 1 saturated heterocycles. The second-order valence-electron chi connectivity index (χ2n) is 8.03. The predicted molar refractivity (Wildman–Crippen MR) is 127 cm³/mol. The Kier molecular flexibility index (Phi) is 6.78. The minimum atomic E-state index is -3.19. The van der Waals surface area contributed by atoms with Gasteiger partial charge in [0.25, 0.3) is 0 Å². The highest BCUT2D eigenvalue weighted by molar-refractivity contribution is 7.89. The Morgan fingerprint density at radius 3 is 2.50 bits per heavy atom. The Labute approximate surface area is 193 Å². The Bertz CT molecular complexity index is 1150. The lowest BCUT2D eigenvalue weighted by Gasteiger charge is -2.32. The van der Waals surface area contributed by atoms with Crippen molar-refractivity contribution in [1.82, 2.24) is 19.0 Å². The number of hydrogen-bond acceptors (Lipinski definition) is 5. The molecule has 0 saturated carbocycles. The van der Waals surface area contributed by atoms with Gasteiger partial charge < -0.3 is 4.90 Å². The average molecular weight is 473 g/mol. The van der Waals surface area contributed by atoms with E-state index in [0.717, 1.165) is 21.8 Å². The van der Waals surface area contributed by atoms with Gasteiger partial charge in [-0.3, -0.25) is 4.79 Å². The summed E-state index contributed by atoms with van der Waals surface area (Å²) in [6.07, 6.45) is 3.11. The number of carbonyl (C=O) groups excluding carboxylic acids is 1. The SMILES string of the molecule is CCS(=O)(=O)N1CCC(C(=O)N(C)Cc2cn(-c3ccccc3)nc2-c2cccs2)CC1. The molecule has 32 heavy (non-hydrogen) atoms. The third-order valence-electron chi connectivity index (χ3n) is 5.91. The van der Waals surface area contributed by atoms with Crippen LogP contribution in [0, 0.1) is 5.92 Å². The van der Waals surface area contributed by atoms with Gasteiger partial charge in [-0.1, -0.05) is 24.3 Å². The van der Waals surface area contributed by atoms with Crippen LogP contribution < -0.4 is 0 Å². The van der Waals surface area contributed by atoms with Crippen molar-refractivity contribution in [2.24, 2.45) is 5.92 Å². The number of para-hydroxylation sites is 1. The molecule has 1 aliphatic heterocycles. The highest BCUT2D eigenvalue weighted by atomic mass is 32.2. The van der Waals surface area contributed by atoms with Crippen LogP contribution in [-0.2, 0) is 21.4 Å². The van der Waals surface area contributed by atoms with Crippen LogP contribution in [0.3, 0.4) is 0 Å². The van der Waals surface area contributed by atoms with Crippen molar-refractivity contribution in [3.63, 3.8) is 0 Å². The van der Waals surface area contributed by atoms with E-state index in [2.05, 4.69) is 0 Å². The van der Waals surface area contributed by atoms with E-state index in [1.165, 1.54) is 4.31 Å². The summed E-state index contributed by atoms with van der Waals surface area (Å²) in [6, 6.07) is 14.0. The highest BCUT2D eigenvalue weighted by Gasteiger charge is 2.32. The molecule has 0 atom stereocenters. The van der Waals surface area contributed by atoms with Crippen molar-refractivity contribution >= 4 is 27.3 Å². The zero-order valence-corrected chi connectivity index (χ0v) is 20.0. The Balaban J connectivity index is 1.50. The molecule has 3 heterocycles. The molecule has 4 rings (SSSR count). The second-order valence-corrected chi connectivity index (χ2v) is 11.2. The van der Waals surface area contributed by atoms with E-state index in [-0.39, 0.29) is 17.6 Å². The van der Waals surface area contributed by atoms with E-state index < -0.39 is 10.0 Å². The van der Waals surface area contributed by atoms with E-state index in [0.29, 0.717) is 32.5 Å². The van der Waals surface area contributed by atoms with Crippen LogP contribution in [0.25, 0.3) is 16.3 Å². The number of nitrogens with zero attached hydrogens (tertiary/aromatic N) is 4. The Morgan fingerprint density at radius 1 is 1.16 bits per heavy atom. The molecule has 2 aromatic heterocycles. The van der Waals surface area contributed by atoms with E-state index in [1.807, 2.05) is 65.8 Å². The number of amides is 1. The molecule has 1 amide bonds. The first-order chi connectivity index (χ1) is 15.4. The van der Waals surface area contributed by atoms with Crippen molar-refractivity contribution in [2.45, 2.75) is 26.3 Å². The van der Waals surface area contributed by atoms with Gasteiger partial charge in [-0.2, -0.15) is 5.10 Å². The van der Waals surface area contributed by atoms with Gasteiger partial charge in [0.1, 0.15) is 5.69 Å². The Hall–Kier alpha value is -2.49. The molecule has 170 valence electrons. The van der Waals surface area contributed by atoms with Crippen molar-refractivity contribution in [3.8, 4) is 16.3 Å². The summed E-state index contributed by atoms with van der Waals surface area (Å²) >= 11 is 1.63. The Morgan fingerprint density at radius 2 is 1.88 bits per heavy atom. The summed E-state index contributed by atoms with van der Waals surface area (Å²) in [7, 11) is -1.38. The number of thiophene rings is 1. The number of aromatic nitrogens is 2. The maximum absolute atomic E-state index is 13.1. The zero-order valence-electron chi connectivity index (χ0n) is 18.3. The van der Waals surface area contributed by atoms with Crippen molar-refractivity contribution in [2.75, 3.05) is 25.9 Å². The maximum Gasteiger partial charge on any atom is 0.225 e. The standard InChI is InChI=1S/C23H28N4O3S2/c1-3-32(29,30)26-13-11-18(12-14-26)23(28)25(2)16-19-17-27(20-8-5-4-6-9-20)24-22(19)21-10-7-15-31-21/h4-10,15,17-18H,3,11-14,16H2,1-2H3. The molecule has 7 nitrogen and oxygen atoms in total. The molecule has 0 radical (unpaired) electrons. The van der Waals surface area contributed by atoms with Gasteiger partial charge in [0, 0.05) is 44.4 Å². The topological polar surface area (TPSA) is 75.5 Å². The van der Waals surface area contributed by atoms with Gasteiger partial charge in [0.2, 0.25) is 15.9 Å². The summed E-state index contributed by atoms with van der Waals surface area (Å²) in [6.45, 7) is 2.92. The predicted octanol–water partition coefficient (Wildman–Crippen LogP) is 3.62. The van der Waals surface area contributed by atoms with Crippen molar-refractivity contribution in [1.29, 1.82) is 0 Å². The van der Waals surface area contributed by atoms with Gasteiger partial charge in [-0.05, 0) is 43.3 Å². The average Bonchev–Trinajstić information content (AvgIpc) is 3.49. The first-order valence-electron chi connectivity index (χ1n) is 10.8. The third-order valence-corrected chi connectivity index (χ3v) is 8.67. The molecular weight excluding hydrogens is 444 g/mol. The summed E-state index contributed by atoms with van der Waals surface area (Å²) in [5, 5.41) is 6.83. The quantitative estimate of drug-likeness (QED) is 0.526. The van der Waals surface area contributed by atoms with E-state index in [9.17, 15) is 13.2 Å². The number of sulfonamides is 1. The molecule has 1 aliphatic rings. The second kappa shape index (κ2) is 9.56. The highest BCUT2D eigenvalue weighted by Crippen LogP contribution is 2.29. The lowest BCUT2D eigenvalue weighted by molar-refractivity contribution is -0.135. The molecule has 0 spiro atoms. The van der Waals surface area contributed by atoms with Crippen LogP contribution in [0.2, 0.25) is 0 Å². The number of benzene rings is 1. The molecule has 1 fully saturated rings. The fraction of sp³-hybridized carbons (Fsp3) is 0.391. The number of carbonyl (C=O) groups is 1. The summed E-state index contributed by atoms with van der Waals surface area (Å²) < 4.78 is 27.6. The van der Waals surface area contributed by atoms with Crippen LogP contribution in [-0.4, -0.2) is 59.2 Å². The molecule has 0 aliphatic carbocycles. The van der Waals surface area contributed by atoms with Gasteiger partial charge in [-0.25, -0.2) is 17.4 Å². The minimum absolute atomic E-state index is 0.0585. The molecule has 1 aromatic carbocycles. The number of rotatable bonds is 7. The van der Waals surface area contributed by atoms with E-state index >= 15 is 0 Å². The summed E-state index contributed by atoms with van der Waals surface area (Å²) in [4.78, 5) is 15.9. The monoisotopic (exact) mass is 472 g/mol. The van der Waals surface area contributed by atoms with E-state index in [4.69, 9.17) is 5.10 Å². The van der Waals surface area contributed by atoms with Crippen LogP contribution >= 0.6 is 11.3 Å². The molecule has 9 heteroatoms. The van der Waals surface area contributed by atoms with Crippen molar-refractivity contribution in [3.05, 3.63) is 59.6 Å². The largest absolute Gasteiger partial charge is 0.341 e. The zero-order chi connectivity index (χ0) is 22.7. The van der Waals surface area contributed by atoms with Crippen molar-refractivity contribution < 1.29 is 13.2 Å². The molecular formula is C23H28N4O3S2. The fourth-order valence-corrected chi connectivity index (χ4v) is 5.94. The van der Waals surface area contributed by atoms with Gasteiger partial charge in [0.15, 0.2) is 0 Å². The van der Waals surface area contributed by atoms with Crippen LogP contribution in [0.4, 0.5) is 0 Å². The number of piperidine rings is 1. The summed E-state index contributed by atoms with van der Waals surface area (Å²) in [5.74, 6) is 0.00314. The minimum Gasteiger partial charge on any atom is -0.341 e. The van der Waals surface area contributed by atoms with Gasteiger partial charge >= 0.3 is 0 Å².